The van der Waals surface area contributed by atoms with Crippen molar-refractivity contribution >= 4 is 19.8 Å². The van der Waals surface area contributed by atoms with E-state index in [0.29, 0.717) is 17.4 Å². The minimum atomic E-state index is -4.40. The first-order valence-electron chi connectivity index (χ1n) is 32.6. The number of phosphoric acid groups is 1. The van der Waals surface area contributed by atoms with Gasteiger partial charge >= 0.3 is 19.8 Å². The molecule has 0 amide bonds. The van der Waals surface area contributed by atoms with Crippen LogP contribution in [-0.4, -0.2) is 74.9 Å². The van der Waals surface area contributed by atoms with E-state index in [1.807, 2.05) is 21.1 Å². The van der Waals surface area contributed by atoms with Gasteiger partial charge in [0.05, 0.1) is 27.7 Å². The molecule has 0 aromatic rings. The van der Waals surface area contributed by atoms with Crippen LogP contribution in [0.4, 0.5) is 0 Å². The maximum absolute atomic E-state index is 12.8. The normalized spacial score (nSPS) is 13.9. The predicted molar refractivity (Wildman–Crippen MR) is 344 cm³/mol. The van der Waals surface area contributed by atoms with Crippen molar-refractivity contribution in [3.8, 4) is 0 Å². The standard InChI is InChI=1S/C70H122NO8P/c1-6-8-10-12-14-16-18-20-22-24-26-28-29-30-31-32-33-34-35-36-37-38-39-40-41-43-44-46-48-50-52-54-56-58-60-62-69(72)76-66-68(67-78-80(74,75)77-65-64-71(3,4)5)79-70(73)63-61-59-57-55-53-51-49-47-45-42-27-25-23-21-19-17-15-13-11-9-7-2/h8-11,14-17,20-23,26-28,42,47,49,68H,6-7,12-13,18-19,24-25,29-41,43-46,48,50-67H2,1-5H3/p+1/b10-8-,11-9-,16-14-,17-15-,22-20-,23-21-,28-26-,42-27-,49-47-. The number of quaternary nitrogens is 1. The number of carbonyl (C=O) groups excluding carboxylic acids is 2. The van der Waals surface area contributed by atoms with Crippen LogP contribution in [0.3, 0.4) is 0 Å². The Hall–Kier alpha value is -3.33. The van der Waals surface area contributed by atoms with Crippen LogP contribution >= 0.6 is 7.82 Å². The zero-order valence-electron chi connectivity index (χ0n) is 52.3. The van der Waals surface area contributed by atoms with Crippen LogP contribution in [-0.2, 0) is 32.7 Å². The van der Waals surface area contributed by atoms with Gasteiger partial charge in [-0.15, -0.1) is 0 Å². The Bertz CT molecular complexity index is 1720. The second kappa shape index (κ2) is 60.3. The highest BCUT2D eigenvalue weighted by Crippen LogP contribution is 2.43. The first-order valence-corrected chi connectivity index (χ1v) is 34.1. The molecule has 460 valence electrons. The van der Waals surface area contributed by atoms with Crippen molar-refractivity contribution in [2.75, 3.05) is 47.5 Å². The number of allylic oxidation sites excluding steroid dienone is 18. The van der Waals surface area contributed by atoms with E-state index < -0.39 is 26.5 Å². The third-order valence-electron chi connectivity index (χ3n) is 13.8. The van der Waals surface area contributed by atoms with Crippen LogP contribution in [0.1, 0.15) is 271 Å². The minimum absolute atomic E-state index is 0.0239. The highest BCUT2D eigenvalue weighted by Gasteiger charge is 2.27. The van der Waals surface area contributed by atoms with Crippen LogP contribution in [0.2, 0.25) is 0 Å². The summed E-state index contributed by atoms with van der Waals surface area (Å²) in [6.45, 7) is 4.20. The van der Waals surface area contributed by atoms with Crippen molar-refractivity contribution in [2.45, 2.75) is 277 Å². The zero-order valence-corrected chi connectivity index (χ0v) is 53.2. The molecule has 0 aliphatic heterocycles. The molecule has 2 atom stereocenters. The Kier molecular flexibility index (Phi) is 57.8. The van der Waals surface area contributed by atoms with E-state index in [2.05, 4.69) is 123 Å². The van der Waals surface area contributed by atoms with Gasteiger partial charge in [0.15, 0.2) is 6.10 Å². The number of hydrogen-bond donors (Lipinski definition) is 1. The number of esters is 2. The lowest BCUT2D eigenvalue weighted by Gasteiger charge is -2.24. The van der Waals surface area contributed by atoms with Crippen molar-refractivity contribution in [3.05, 3.63) is 109 Å². The summed E-state index contributed by atoms with van der Waals surface area (Å²) in [5.41, 5.74) is 0. The number of nitrogens with zero attached hydrogens (tertiary/aromatic N) is 1. The second-order valence-corrected chi connectivity index (χ2v) is 24.2. The van der Waals surface area contributed by atoms with E-state index in [4.69, 9.17) is 18.5 Å². The molecule has 0 aliphatic rings. The van der Waals surface area contributed by atoms with Gasteiger partial charge in [-0.3, -0.25) is 18.6 Å². The molecule has 0 saturated heterocycles. The first kappa shape index (κ1) is 76.7. The summed E-state index contributed by atoms with van der Waals surface area (Å²) in [7, 11) is 1.46. The smallest absolute Gasteiger partial charge is 0.462 e. The predicted octanol–water partition coefficient (Wildman–Crippen LogP) is 20.9. The van der Waals surface area contributed by atoms with Crippen LogP contribution in [0, 0.1) is 0 Å². The maximum atomic E-state index is 12.8. The molecule has 10 heteroatoms. The van der Waals surface area contributed by atoms with E-state index in [0.717, 1.165) is 109 Å². The fourth-order valence-electron chi connectivity index (χ4n) is 8.86. The number of carbonyl (C=O) groups is 2. The quantitative estimate of drug-likeness (QED) is 0.0211. The van der Waals surface area contributed by atoms with Crippen molar-refractivity contribution in [3.63, 3.8) is 0 Å². The molecule has 9 nitrogen and oxygen atoms in total. The Labute approximate surface area is 493 Å². The van der Waals surface area contributed by atoms with Gasteiger partial charge in [0.1, 0.15) is 19.8 Å². The van der Waals surface area contributed by atoms with Crippen LogP contribution < -0.4 is 0 Å². The van der Waals surface area contributed by atoms with Gasteiger partial charge in [-0.2, -0.15) is 0 Å². The fraction of sp³-hybridized carbons (Fsp3) is 0.714. The average Bonchev–Trinajstić information content (AvgIpc) is 3.42. The van der Waals surface area contributed by atoms with E-state index >= 15 is 0 Å². The molecular formula is C70H123NO8P+. The number of phosphoric ester groups is 1. The van der Waals surface area contributed by atoms with Crippen molar-refractivity contribution < 1.29 is 42.1 Å². The molecule has 80 heavy (non-hydrogen) atoms. The van der Waals surface area contributed by atoms with Crippen LogP contribution in [0.5, 0.6) is 0 Å². The summed E-state index contributed by atoms with van der Waals surface area (Å²) < 4.78 is 34.6. The number of unbranched alkanes of at least 4 members (excludes halogenated alkanes) is 27. The fourth-order valence-corrected chi connectivity index (χ4v) is 9.60. The first-order chi connectivity index (χ1) is 39.0. The molecule has 1 N–H and O–H groups in total. The van der Waals surface area contributed by atoms with Gasteiger partial charge in [0, 0.05) is 12.8 Å². The highest BCUT2D eigenvalue weighted by molar-refractivity contribution is 7.47. The van der Waals surface area contributed by atoms with Gasteiger partial charge in [0.25, 0.3) is 0 Å². The molecule has 0 saturated carbocycles. The maximum Gasteiger partial charge on any atom is 0.472 e. The Morgan fingerprint density at radius 1 is 0.388 bits per heavy atom. The Balaban J connectivity index is 4.04. The third-order valence-corrected chi connectivity index (χ3v) is 14.8. The topological polar surface area (TPSA) is 108 Å². The molecule has 0 spiro atoms. The van der Waals surface area contributed by atoms with Crippen molar-refractivity contribution in [1.29, 1.82) is 0 Å². The second-order valence-electron chi connectivity index (χ2n) is 22.7. The lowest BCUT2D eigenvalue weighted by atomic mass is 10.0. The van der Waals surface area contributed by atoms with Gasteiger partial charge < -0.3 is 18.9 Å². The van der Waals surface area contributed by atoms with Crippen LogP contribution in [0.25, 0.3) is 0 Å². The molecule has 0 fully saturated rings. The SMILES string of the molecule is CC/C=C\C/C=C\C/C=C\C/C=C\C/C=C\CCCCCCCC(=O)OC(COC(=O)CCCCCCCCCCCCCCCCCCCCCCCC/C=C\C/C=C\C/C=C\C/C=C\CC)COP(=O)(O)OCC[N+](C)(C)C. The lowest BCUT2D eigenvalue weighted by molar-refractivity contribution is -0.870. The van der Waals surface area contributed by atoms with E-state index in [1.165, 1.54) is 128 Å². The van der Waals surface area contributed by atoms with Gasteiger partial charge in [-0.1, -0.05) is 271 Å². The number of rotatable bonds is 59. The summed E-state index contributed by atoms with van der Waals surface area (Å²) >= 11 is 0. The van der Waals surface area contributed by atoms with Crippen molar-refractivity contribution in [2.24, 2.45) is 0 Å². The molecular weight excluding hydrogens is 1010 g/mol. The van der Waals surface area contributed by atoms with Crippen molar-refractivity contribution in [1.82, 2.24) is 0 Å². The molecule has 0 aliphatic carbocycles. The largest absolute Gasteiger partial charge is 0.472 e. The lowest BCUT2D eigenvalue weighted by Crippen LogP contribution is -2.37. The van der Waals surface area contributed by atoms with Crippen LogP contribution in [0.15, 0.2) is 109 Å². The van der Waals surface area contributed by atoms with Gasteiger partial charge in [0.2, 0.25) is 0 Å². The molecule has 2 unspecified atom stereocenters. The Morgan fingerprint density at radius 3 is 1.00 bits per heavy atom. The molecule has 0 rings (SSSR count). The third kappa shape index (κ3) is 63.8. The summed E-state index contributed by atoms with van der Waals surface area (Å²) in [6.07, 6.45) is 84.7. The average molecular weight is 1140 g/mol. The van der Waals surface area contributed by atoms with E-state index in [-0.39, 0.29) is 32.0 Å². The summed E-state index contributed by atoms with van der Waals surface area (Å²) in [5, 5.41) is 0. The zero-order chi connectivity index (χ0) is 58.4. The van der Waals surface area contributed by atoms with E-state index in [1.54, 1.807) is 0 Å². The molecule has 0 radical (unpaired) electrons. The minimum Gasteiger partial charge on any atom is -0.462 e. The highest BCUT2D eigenvalue weighted by atomic mass is 31.2. The van der Waals surface area contributed by atoms with Gasteiger partial charge in [-0.25, -0.2) is 4.57 Å². The molecule has 0 bridgehead atoms. The molecule has 0 heterocycles. The molecule has 0 aromatic carbocycles. The Morgan fingerprint density at radius 2 is 0.675 bits per heavy atom. The van der Waals surface area contributed by atoms with Gasteiger partial charge in [-0.05, 0) is 96.3 Å². The van der Waals surface area contributed by atoms with E-state index in [9.17, 15) is 19.0 Å². The summed E-state index contributed by atoms with van der Waals surface area (Å²) in [4.78, 5) is 35.8. The summed E-state index contributed by atoms with van der Waals surface area (Å²) in [5.74, 6) is -0.816. The number of likely N-dealkylation sites (N-methyl/N-ethyl adjacent to an activating group) is 1. The monoisotopic (exact) mass is 1140 g/mol. The molecule has 0 aromatic heterocycles. The summed E-state index contributed by atoms with van der Waals surface area (Å²) in [6, 6.07) is 0. The number of ether oxygens (including phenoxy) is 2. The number of hydrogen-bond acceptors (Lipinski definition) is 7.